The number of methoxy groups -OCH3 is 1. The molecule has 1 aliphatic heterocycles. The first-order valence-corrected chi connectivity index (χ1v) is 9.72. The van der Waals surface area contributed by atoms with Crippen LogP contribution in [0.3, 0.4) is 0 Å². The number of aromatic nitrogens is 1. The van der Waals surface area contributed by atoms with Gasteiger partial charge in [0.25, 0.3) is 0 Å². The maximum absolute atomic E-state index is 15.0. The van der Waals surface area contributed by atoms with Crippen molar-refractivity contribution < 1.29 is 18.7 Å². The molecule has 0 radical (unpaired) electrons. The Bertz CT molecular complexity index is 906. The summed E-state index contributed by atoms with van der Waals surface area (Å²) in [6.07, 6.45) is 1.19. The number of aryl methyl sites for hydroxylation is 1. The molecule has 3 rings (SSSR count). The summed E-state index contributed by atoms with van der Waals surface area (Å²) in [7, 11) is 1.36. The number of pyridine rings is 1. The standard InChI is InChI=1S/C21H26FN5O3/c1-14-7-8-17(11-23-14)24-20(28)25-18-6-4-5-16(19(18)22)13-26-9-10-27(15(2)12-26)21(29)30-3/h4-8,11,15H,9-10,12-13H2,1-3H3,(H2,24,25,28)/t15-/m0/s1. The molecule has 1 saturated heterocycles. The Morgan fingerprint density at radius 1 is 1.23 bits per heavy atom. The summed E-state index contributed by atoms with van der Waals surface area (Å²) in [6.45, 7) is 5.89. The number of carbonyl (C=O) groups excluding carboxylic acids is 2. The number of piperazine rings is 1. The highest BCUT2D eigenvalue weighted by Crippen LogP contribution is 2.21. The maximum Gasteiger partial charge on any atom is 0.409 e. The van der Waals surface area contributed by atoms with Crippen molar-refractivity contribution in [1.82, 2.24) is 14.8 Å². The van der Waals surface area contributed by atoms with Crippen LogP contribution in [0.25, 0.3) is 0 Å². The smallest absolute Gasteiger partial charge is 0.409 e. The Morgan fingerprint density at radius 3 is 2.70 bits per heavy atom. The second-order valence-electron chi connectivity index (χ2n) is 7.29. The monoisotopic (exact) mass is 415 g/mol. The number of ether oxygens (including phenoxy) is 1. The van der Waals surface area contributed by atoms with Gasteiger partial charge in [-0.05, 0) is 32.0 Å². The predicted molar refractivity (Wildman–Crippen MR) is 112 cm³/mol. The van der Waals surface area contributed by atoms with Crippen LogP contribution in [0.4, 0.5) is 25.4 Å². The van der Waals surface area contributed by atoms with E-state index < -0.39 is 11.8 Å². The number of anilines is 2. The van der Waals surface area contributed by atoms with E-state index in [-0.39, 0.29) is 17.8 Å². The van der Waals surface area contributed by atoms with Crippen LogP contribution in [0.15, 0.2) is 36.5 Å². The lowest BCUT2D eigenvalue weighted by Gasteiger charge is -2.39. The lowest BCUT2D eigenvalue weighted by atomic mass is 10.1. The summed E-state index contributed by atoms with van der Waals surface area (Å²) in [5.74, 6) is -0.474. The molecule has 1 aromatic heterocycles. The zero-order valence-electron chi connectivity index (χ0n) is 17.3. The van der Waals surface area contributed by atoms with Crippen molar-refractivity contribution in [3.8, 4) is 0 Å². The number of halogens is 1. The Labute approximate surface area is 175 Å². The van der Waals surface area contributed by atoms with Gasteiger partial charge in [-0.1, -0.05) is 12.1 Å². The molecule has 2 heterocycles. The van der Waals surface area contributed by atoms with E-state index in [0.29, 0.717) is 37.4 Å². The highest BCUT2D eigenvalue weighted by molar-refractivity contribution is 5.99. The molecule has 30 heavy (non-hydrogen) atoms. The normalized spacial score (nSPS) is 16.8. The number of nitrogens with zero attached hydrogens (tertiary/aromatic N) is 3. The van der Waals surface area contributed by atoms with E-state index in [4.69, 9.17) is 4.74 Å². The highest BCUT2D eigenvalue weighted by atomic mass is 19.1. The Morgan fingerprint density at radius 2 is 2.03 bits per heavy atom. The first-order valence-electron chi connectivity index (χ1n) is 9.72. The largest absolute Gasteiger partial charge is 0.453 e. The molecule has 0 aliphatic carbocycles. The molecule has 1 aromatic carbocycles. The molecule has 1 atom stereocenters. The molecule has 0 spiro atoms. The van der Waals surface area contributed by atoms with E-state index in [9.17, 15) is 14.0 Å². The molecule has 0 bridgehead atoms. The minimum absolute atomic E-state index is 0.0375. The first kappa shape index (κ1) is 21.5. The van der Waals surface area contributed by atoms with Crippen LogP contribution in [0, 0.1) is 12.7 Å². The highest BCUT2D eigenvalue weighted by Gasteiger charge is 2.28. The SMILES string of the molecule is COC(=O)N1CCN(Cc2cccc(NC(=O)Nc3ccc(C)nc3)c2F)C[C@@H]1C. The summed E-state index contributed by atoms with van der Waals surface area (Å²) in [5.41, 5.74) is 1.93. The molecule has 8 nitrogen and oxygen atoms in total. The van der Waals surface area contributed by atoms with Crippen LogP contribution < -0.4 is 10.6 Å². The van der Waals surface area contributed by atoms with Crippen molar-refractivity contribution in [3.63, 3.8) is 0 Å². The molecular weight excluding hydrogens is 389 g/mol. The van der Waals surface area contributed by atoms with E-state index in [2.05, 4.69) is 20.5 Å². The van der Waals surface area contributed by atoms with E-state index in [1.54, 1.807) is 29.2 Å². The van der Waals surface area contributed by atoms with Crippen molar-refractivity contribution in [2.45, 2.75) is 26.4 Å². The Hall–Kier alpha value is -3.20. The summed E-state index contributed by atoms with van der Waals surface area (Å²) < 4.78 is 19.8. The molecule has 2 aromatic rings. The summed E-state index contributed by atoms with van der Waals surface area (Å²) in [5, 5.41) is 5.18. The fourth-order valence-corrected chi connectivity index (χ4v) is 3.43. The fraction of sp³-hybridized carbons (Fsp3) is 0.381. The molecule has 160 valence electrons. The lowest BCUT2D eigenvalue weighted by molar-refractivity contribution is 0.0601. The van der Waals surface area contributed by atoms with E-state index in [0.717, 1.165) is 5.69 Å². The molecule has 1 aliphatic rings. The van der Waals surface area contributed by atoms with Crippen LogP contribution in [-0.2, 0) is 11.3 Å². The molecular formula is C21H26FN5O3. The van der Waals surface area contributed by atoms with Crippen LogP contribution in [0.1, 0.15) is 18.2 Å². The van der Waals surface area contributed by atoms with Gasteiger partial charge in [0, 0.05) is 43.5 Å². The fourth-order valence-electron chi connectivity index (χ4n) is 3.43. The van der Waals surface area contributed by atoms with Crippen molar-refractivity contribution in [1.29, 1.82) is 0 Å². The Kier molecular flexibility index (Phi) is 6.83. The summed E-state index contributed by atoms with van der Waals surface area (Å²) in [6, 6.07) is 7.84. The van der Waals surface area contributed by atoms with Gasteiger partial charge in [-0.2, -0.15) is 0 Å². The predicted octanol–water partition coefficient (Wildman–Crippen LogP) is 3.45. The molecule has 0 unspecified atom stereocenters. The number of nitrogens with one attached hydrogen (secondary N) is 2. The van der Waals surface area contributed by atoms with Crippen LogP contribution >= 0.6 is 0 Å². The topological polar surface area (TPSA) is 86.8 Å². The van der Waals surface area contributed by atoms with Gasteiger partial charge in [0.2, 0.25) is 0 Å². The quantitative estimate of drug-likeness (QED) is 0.799. The van der Waals surface area contributed by atoms with Gasteiger partial charge in [-0.3, -0.25) is 9.88 Å². The van der Waals surface area contributed by atoms with Crippen molar-refractivity contribution in [2.24, 2.45) is 0 Å². The number of amides is 3. The Balaban J connectivity index is 1.61. The van der Waals surface area contributed by atoms with Gasteiger partial charge in [0.15, 0.2) is 5.82 Å². The average Bonchev–Trinajstić information content (AvgIpc) is 2.72. The van der Waals surface area contributed by atoms with Gasteiger partial charge in [0.1, 0.15) is 0 Å². The third kappa shape index (κ3) is 5.24. The van der Waals surface area contributed by atoms with Gasteiger partial charge in [-0.25, -0.2) is 14.0 Å². The van der Waals surface area contributed by atoms with Gasteiger partial charge >= 0.3 is 12.1 Å². The number of rotatable bonds is 4. The molecule has 2 N–H and O–H groups in total. The first-order chi connectivity index (χ1) is 14.4. The van der Waals surface area contributed by atoms with Crippen LogP contribution in [-0.4, -0.2) is 59.7 Å². The third-order valence-corrected chi connectivity index (χ3v) is 5.01. The number of carbonyl (C=O) groups is 2. The van der Waals surface area contributed by atoms with Crippen molar-refractivity contribution in [2.75, 3.05) is 37.4 Å². The zero-order chi connectivity index (χ0) is 21.7. The number of hydrogen-bond acceptors (Lipinski definition) is 5. The summed E-state index contributed by atoms with van der Waals surface area (Å²) in [4.78, 5) is 31.8. The third-order valence-electron chi connectivity index (χ3n) is 5.01. The van der Waals surface area contributed by atoms with E-state index >= 15 is 0 Å². The van der Waals surface area contributed by atoms with Gasteiger partial charge in [-0.15, -0.1) is 0 Å². The zero-order valence-corrected chi connectivity index (χ0v) is 17.3. The molecule has 0 saturated carbocycles. The number of hydrogen-bond donors (Lipinski definition) is 2. The minimum Gasteiger partial charge on any atom is -0.453 e. The van der Waals surface area contributed by atoms with Gasteiger partial charge in [0.05, 0.1) is 24.7 Å². The van der Waals surface area contributed by atoms with Crippen molar-refractivity contribution in [3.05, 3.63) is 53.6 Å². The number of benzene rings is 1. The van der Waals surface area contributed by atoms with Crippen LogP contribution in [0.5, 0.6) is 0 Å². The average molecular weight is 415 g/mol. The number of urea groups is 1. The van der Waals surface area contributed by atoms with E-state index in [1.807, 2.05) is 13.8 Å². The second-order valence-corrected chi connectivity index (χ2v) is 7.29. The molecule has 1 fully saturated rings. The van der Waals surface area contributed by atoms with Gasteiger partial charge < -0.3 is 20.3 Å². The van der Waals surface area contributed by atoms with Crippen LogP contribution in [0.2, 0.25) is 0 Å². The molecule has 3 amide bonds. The lowest BCUT2D eigenvalue weighted by Crippen LogP contribution is -2.53. The van der Waals surface area contributed by atoms with Crippen molar-refractivity contribution >= 4 is 23.5 Å². The minimum atomic E-state index is -0.544. The second kappa shape index (κ2) is 9.53. The summed E-state index contributed by atoms with van der Waals surface area (Å²) >= 11 is 0. The maximum atomic E-state index is 15.0. The van der Waals surface area contributed by atoms with E-state index in [1.165, 1.54) is 19.4 Å². The molecule has 9 heteroatoms.